The molecule has 1 heterocycles. The Morgan fingerprint density at radius 2 is 1.71 bits per heavy atom. The second kappa shape index (κ2) is 10.2. The van der Waals surface area contributed by atoms with Crippen LogP contribution in [0.25, 0.3) is 10.9 Å². The topological polar surface area (TPSA) is 70.2 Å². The van der Waals surface area contributed by atoms with E-state index < -0.39 is 11.6 Å². The summed E-state index contributed by atoms with van der Waals surface area (Å²) >= 11 is 3.43. The Kier molecular flexibility index (Phi) is 7.30. The van der Waals surface area contributed by atoms with Crippen LogP contribution in [0.4, 0.5) is 20.5 Å². The van der Waals surface area contributed by atoms with Crippen molar-refractivity contribution in [3.05, 3.63) is 58.1 Å². The number of nitrogens with zero attached hydrogens (tertiary/aromatic N) is 3. The molecule has 0 spiro atoms. The Bertz CT molecular complexity index is 1180. The monoisotopic (exact) mass is 531 g/mol. The highest BCUT2D eigenvalue weighted by Gasteiger charge is 2.28. The second-order valence-corrected chi connectivity index (χ2v) is 9.94. The molecule has 1 amide bonds. The maximum atomic E-state index is 13.8. The molecule has 6 nitrogen and oxygen atoms in total. The van der Waals surface area contributed by atoms with E-state index in [4.69, 9.17) is 0 Å². The first-order chi connectivity index (χ1) is 16.2. The molecule has 34 heavy (non-hydrogen) atoms. The van der Waals surface area contributed by atoms with Crippen molar-refractivity contribution in [1.82, 2.24) is 15.3 Å². The van der Waals surface area contributed by atoms with Gasteiger partial charge in [-0.25, -0.2) is 13.8 Å². The lowest BCUT2D eigenvalue weighted by atomic mass is 9.85. The molecule has 4 rings (SSSR count). The van der Waals surface area contributed by atoms with E-state index in [1.54, 1.807) is 19.0 Å². The summed E-state index contributed by atoms with van der Waals surface area (Å²) in [4.78, 5) is 23.5. The maximum absolute atomic E-state index is 13.8. The smallest absolute Gasteiger partial charge is 0.225 e. The maximum Gasteiger partial charge on any atom is 0.225 e. The van der Waals surface area contributed by atoms with Crippen molar-refractivity contribution in [2.24, 2.45) is 5.92 Å². The molecular formula is C25H28BrF2N5O. The number of anilines is 2. The van der Waals surface area contributed by atoms with Gasteiger partial charge in [0, 0.05) is 42.0 Å². The van der Waals surface area contributed by atoms with Crippen LogP contribution in [0.2, 0.25) is 0 Å². The zero-order valence-corrected chi connectivity index (χ0v) is 21.0. The molecule has 1 saturated carbocycles. The largest absolute Gasteiger partial charge is 0.362 e. The third kappa shape index (κ3) is 5.46. The number of carbonyl (C=O) groups excluding carboxylic acids is 1. The highest BCUT2D eigenvalue weighted by atomic mass is 79.9. The SMILES string of the molecule is CC(NC(=O)C1CCC(Nc2nc(N(C)C)c3cc(F)c(F)cc3n2)CC1)c1ccc(Br)cc1. The molecule has 3 aromatic rings. The highest BCUT2D eigenvalue weighted by molar-refractivity contribution is 9.10. The zero-order valence-electron chi connectivity index (χ0n) is 19.4. The second-order valence-electron chi connectivity index (χ2n) is 9.02. The van der Waals surface area contributed by atoms with Crippen LogP contribution in [0.1, 0.15) is 44.2 Å². The number of fused-ring (bicyclic) bond motifs is 1. The first-order valence-electron chi connectivity index (χ1n) is 11.4. The van der Waals surface area contributed by atoms with Crippen molar-refractivity contribution in [1.29, 1.82) is 0 Å². The number of nitrogens with one attached hydrogen (secondary N) is 2. The van der Waals surface area contributed by atoms with Gasteiger partial charge in [0.05, 0.1) is 11.6 Å². The molecule has 2 N–H and O–H groups in total. The Hall–Kier alpha value is -2.81. The lowest BCUT2D eigenvalue weighted by Crippen LogP contribution is -2.37. The lowest BCUT2D eigenvalue weighted by Gasteiger charge is -2.29. The average Bonchev–Trinajstić information content (AvgIpc) is 2.80. The minimum absolute atomic E-state index is 0.0390. The van der Waals surface area contributed by atoms with E-state index in [-0.39, 0.29) is 23.9 Å². The molecule has 180 valence electrons. The quantitative estimate of drug-likeness (QED) is 0.434. The molecule has 9 heteroatoms. The fraction of sp³-hybridized carbons (Fsp3) is 0.400. The molecule has 1 aliphatic carbocycles. The van der Waals surface area contributed by atoms with Crippen molar-refractivity contribution < 1.29 is 13.6 Å². The third-order valence-electron chi connectivity index (χ3n) is 6.30. The van der Waals surface area contributed by atoms with Gasteiger partial charge < -0.3 is 15.5 Å². The number of amides is 1. The Labute approximate surface area is 206 Å². The number of hydrogen-bond donors (Lipinski definition) is 2. The average molecular weight is 532 g/mol. The minimum Gasteiger partial charge on any atom is -0.362 e. The van der Waals surface area contributed by atoms with Gasteiger partial charge in [-0.3, -0.25) is 4.79 Å². The van der Waals surface area contributed by atoms with Crippen LogP contribution in [0.15, 0.2) is 40.9 Å². The van der Waals surface area contributed by atoms with E-state index in [2.05, 4.69) is 36.5 Å². The van der Waals surface area contributed by atoms with E-state index in [1.165, 1.54) is 0 Å². The van der Waals surface area contributed by atoms with Gasteiger partial charge in [-0.05, 0) is 56.4 Å². The molecule has 1 atom stereocenters. The van der Waals surface area contributed by atoms with Gasteiger partial charge in [0.1, 0.15) is 5.82 Å². The third-order valence-corrected chi connectivity index (χ3v) is 6.83. The lowest BCUT2D eigenvalue weighted by molar-refractivity contribution is -0.126. The van der Waals surface area contributed by atoms with Crippen LogP contribution >= 0.6 is 15.9 Å². The van der Waals surface area contributed by atoms with Crippen molar-refractivity contribution in [2.45, 2.75) is 44.7 Å². The van der Waals surface area contributed by atoms with Gasteiger partial charge in [-0.15, -0.1) is 0 Å². The van der Waals surface area contributed by atoms with Crippen molar-refractivity contribution in [2.75, 3.05) is 24.3 Å². The Morgan fingerprint density at radius 1 is 1.06 bits per heavy atom. The normalized spacial score (nSPS) is 19.0. The first-order valence-corrected chi connectivity index (χ1v) is 12.2. The Morgan fingerprint density at radius 3 is 2.35 bits per heavy atom. The molecule has 0 aliphatic heterocycles. The molecule has 0 radical (unpaired) electrons. The van der Waals surface area contributed by atoms with Crippen LogP contribution in [0, 0.1) is 17.6 Å². The fourth-order valence-electron chi connectivity index (χ4n) is 4.36. The summed E-state index contributed by atoms with van der Waals surface area (Å²) in [5.41, 5.74) is 1.41. The van der Waals surface area contributed by atoms with Gasteiger partial charge >= 0.3 is 0 Å². The number of benzene rings is 2. The van der Waals surface area contributed by atoms with Crippen LogP contribution in [0.5, 0.6) is 0 Å². The van der Waals surface area contributed by atoms with Gasteiger partial charge in [-0.2, -0.15) is 4.98 Å². The fourth-order valence-corrected chi connectivity index (χ4v) is 4.63. The van der Waals surface area contributed by atoms with Crippen LogP contribution < -0.4 is 15.5 Å². The van der Waals surface area contributed by atoms with Crippen LogP contribution in [0.3, 0.4) is 0 Å². The molecule has 0 bridgehead atoms. The summed E-state index contributed by atoms with van der Waals surface area (Å²) in [7, 11) is 3.60. The molecule has 0 saturated heterocycles. The van der Waals surface area contributed by atoms with Crippen molar-refractivity contribution in [3.8, 4) is 0 Å². The van der Waals surface area contributed by atoms with Crippen LogP contribution in [-0.4, -0.2) is 36.0 Å². The number of hydrogen-bond acceptors (Lipinski definition) is 5. The molecule has 2 aromatic carbocycles. The highest BCUT2D eigenvalue weighted by Crippen LogP contribution is 2.30. The summed E-state index contributed by atoms with van der Waals surface area (Å²) in [5.74, 6) is -0.942. The predicted molar refractivity (Wildman–Crippen MR) is 134 cm³/mol. The summed E-state index contributed by atoms with van der Waals surface area (Å²) in [6, 6.07) is 10.2. The van der Waals surface area contributed by atoms with E-state index in [0.29, 0.717) is 22.7 Å². The Balaban J connectivity index is 1.38. The van der Waals surface area contributed by atoms with Gasteiger partial charge in [-0.1, -0.05) is 28.1 Å². The molecule has 1 unspecified atom stereocenters. The zero-order chi connectivity index (χ0) is 24.4. The summed E-state index contributed by atoms with van der Waals surface area (Å²) in [5, 5.41) is 6.91. The minimum atomic E-state index is -0.939. The van der Waals surface area contributed by atoms with Crippen molar-refractivity contribution >= 4 is 44.5 Å². The van der Waals surface area contributed by atoms with Gasteiger partial charge in [0.25, 0.3) is 0 Å². The van der Waals surface area contributed by atoms with Gasteiger partial charge in [0.2, 0.25) is 11.9 Å². The first kappa shape index (κ1) is 24.3. The molecule has 1 aliphatic rings. The van der Waals surface area contributed by atoms with E-state index >= 15 is 0 Å². The molecular weight excluding hydrogens is 504 g/mol. The predicted octanol–water partition coefficient (Wildman–Crippen LogP) is 5.58. The van der Waals surface area contributed by atoms with Gasteiger partial charge in [0.15, 0.2) is 11.6 Å². The summed E-state index contributed by atoms with van der Waals surface area (Å²) in [6.07, 6.45) is 3.09. The van der Waals surface area contributed by atoms with Crippen molar-refractivity contribution in [3.63, 3.8) is 0 Å². The number of halogens is 3. The number of carbonyl (C=O) groups is 1. The number of aromatic nitrogens is 2. The molecule has 1 aromatic heterocycles. The van der Waals surface area contributed by atoms with E-state index in [9.17, 15) is 13.6 Å². The van der Waals surface area contributed by atoms with E-state index in [0.717, 1.165) is 47.9 Å². The van der Waals surface area contributed by atoms with Crippen LogP contribution in [-0.2, 0) is 4.79 Å². The summed E-state index contributed by atoms with van der Waals surface area (Å²) in [6.45, 7) is 1.99. The standard InChI is InChI=1S/C25H28BrF2N5O/c1-14(15-4-8-17(26)9-5-15)29-24(34)16-6-10-18(11-7-16)30-25-31-22-13-21(28)20(27)12-19(22)23(32-25)33(2)3/h4-5,8-9,12-14,16,18H,6-7,10-11H2,1-3H3,(H,29,34)(H,30,31,32). The van der Waals surface area contributed by atoms with E-state index in [1.807, 2.05) is 31.2 Å². The molecule has 1 fully saturated rings. The number of rotatable bonds is 6. The summed E-state index contributed by atoms with van der Waals surface area (Å²) < 4.78 is 28.6.